The van der Waals surface area contributed by atoms with Gasteiger partial charge in [-0.05, 0) is 0 Å². The van der Waals surface area contributed by atoms with E-state index >= 15 is 0 Å². The molecule has 0 saturated heterocycles. The van der Waals surface area contributed by atoms with Crippen LogP contribution in [0.3, 0.4) is 0 Å². The van der Waals surface area contributed by atoms with Crippen molar-refractivity contribution in [2.45, 2.75) is 94.5 Å². The normalized spacial score (nSPS) is 9.26. The Balaban J connectivity index is -0.000000118. The van der Waals surface area contributed by atoms with Crippen LogP contribution in [0, 0.1) is 34.6 Å². The topological polar surface area (TPSA) is 69.2 Å². The van der Waals surface area contributed by atoms with Crippen molar-refractivity contribution in [2.75, 3.05) is 0 Å². The molecule has 0 aromatic heterocycles. The van der Waals surface area contributed by atoms with Gasteiger partial charge in [0.25, 0.3) is 0 Å². The SMILES string of the molecule is CC(C)[O-].CC(C)[O-].CC(C)[O-].Cc1c(C)c(C)[c-](C)c1C.[Zr+4]. The van der Waals surface area contributed by atoms with Crippen molar-refractivity contribution in [3.05, 3.63) is 27.8 Å². The monoisotopic (exact) mass is 402 g/mol. The predicted octanol–water partition coefficient (Wildman–Crippen LogP) is 2.21. The van der Waals surface area contributed by atoms with Gasteiger partial charge in [-0.1, -0.05) is 76.2 Å². The molecule has 0 heterocycles. The van der Waals surface area contributed by atoms with Gasteiger partial charge in [-0.3, -0.25) is 0 Å². The third kappa shape index (κ3) is 22.1. The summed E-state index contributed by atoms with van der Waals surface area (Å²) in [6.07, 6.45) is -1.25. The molecular formula is C19H36O3Zr. The van der Waals surface area contributed by atoms with Crippen LogP contribution in [0.5, 0.6) is 0 Å². The Morgan fingerprint density at radius 2 is 0.739 bits per heavy atom. The van der Waals surface area contributed by atoms with Crippen molar-refractivity contribution in [2.24, 2.45) is 0 Å². The van der Waals surface area contributed by atoms with Crippen LogP contribution >= 0.6 is 0 Å². The van der Waals surface area contributed by atoms with Gasteiger partial charge in [-0.25, -0.2) is 0 Å². The second kappa shape index (κ2) is 17.0. The molecule has 0 fully saturated rings. The Hall–Kier alpha value is 0.113. The zero-order valence-corrected chi connectivity index (χ0v) is 19.4. The van der Waals surface area contributed by atoms with Crippen LogP contribution < -0.4 is 15.3 Å². The van der Waals surface area contributed by atoms with Crippen molar-refractivity contribution in [3.8, 4) is 0 Å². The molecular weight excluding hydrogens is 367 g/mol. The van der Waals surface area contributed by atoms with Crippen LogP contribution in [0.15, 0.2) is 0 Å². The minimum absolute atomic E-state index is 0. The van der Waals surface area contributed by atoms with Crippen LogP contribution in [-0.2, 0) is 26.2 Å². The zero-order valence-electron chi connectivity index (χ0n) is 17.0. The quantitative estimate of drug-likeness (QED) is 0.624. The summed E-state index contributed by atoms with van der Waals surface area (Å²) < 4.78 is 0. The molecule has 0 spiro atoms. The molecule has 0 radical (unpaired) electrons. The van der Waals surface area contributed by atoms with Gasteiger partial charge in [0.05, 0.1) is 0 Å². The molecule has 134 valence electrons. The largest absolute Gasteiger partial charge is 4.00 e. The van der Waals surface area contributed by atoms with Crippen LogP contribution in [0.1, 0.15) is 69.4 Å². The Kier molecular flexibility index (Phi) is 22.8. The average Bonchev–Trinajstić information content (AvgIpc) is 2.45. The van der Waals surface area contributed by atoms with E-state index < -0.39 is 18.3 Å². The molecule has 23 heavy (non-hydrogen) atoms. The molecule has 0 atom stereocenters. The fourth-order valence-electron chi connectivity index (χ4n) is 1.41. The van der Waals surface area contributed by atoms with Crippen molar-refractivity contribution in [3.63, 3.8) is 0 Å². The fraction of sp³-hybridized carbons (Fsp3) is 0.737. The predicted molar refractivity (Wildman–Crippen MR) is 91.1 cm³/mol. The van der Waals surface area contributed by atoms with Gasteiger partial charge in [0.2, 0.25) is 0 Å². The number of hydrogen-bond acceptors (Lipinski definition) is 3. The molecule has 1 aromatic carbocycles. The first-order valence-electron chi connectivity index (χ1n) is 7.92. The number of rotatable bonds is 0. The van der Waals surface area contributed by atoms with Crippen LogP contribution in [-0.4, -0.2) is 18.3 Å². The van der Waals surface area contributed by atoms with E-state index in [-0.39, 0.29) is 26.2 Å². The molecule has 0 aliphatic rings. The van der Waals surface area contributed by atoms with Crippen LogP contribution in [0.2, 0.25) is 0 Å². The third-order valence-corrected chi connectivity index (χ3v) is 2.81. The zero-order chi connectivity index (χ0) is 18.6. The first kappa shape index (κ1) is 30.9. The molecule has 0 N–H and O–H groups in total. The van der Waals surface area contributed by atoms with Gasteiger partial charge in [-0.15, -0.1) is 18.3 Å². The Morgan fingerprint density at radius 1 is 0.609 bits per heavy atom. The number of hydrogen-bond donors (Lipinski definition) is 0. The summed E-state index contributed by atoms with van der Waals surface area (Å²) in [5.41, 5.74) is 7.34. The summed E-state index contributed by atoms with van der Waals surface area (Å²) in [4.78, 5) is 0. The Bertz CT molecular complexity index is 278. The second-order valence-corrected chi connectivity index (χ2v) is 6.27. The van der Waals surface area contributed by atoms with E-state index in [0.717, 1.165) is 0 Å². The average molecular weight is 404 g/mol. The van der Waals surface area contributed by atoms with E-state index in [1.807, 2.05) is 0 Å². The summed E-state index contributed by atoms with van der Waals surface area (Å²) in [6, 6.07) is 0. The second-order valence-electron chi connectivity index (χ2n) is 6.27. The molecule has 1 aromatic rings. The maximum absolute atomic E-state index is 9.53. The Morgan fingerprint density at radius 3 is 0.783 bits per heavy atom. The van der Waals surface area contributed by atoms with Crippen molar-refractivity contribution in [1.82, 2.24) is 0 Å². The standard InChI is InChI=1S/C10H15.3C3H7O.Zr/c1-6-7(2)9(4)10(5)8(6)3;3*1-3(2)4;/h1-5H3;3*3H,1-2H3;/q4*-1;+4. The summed E-state index contributed by atoms with van der Waals surface area (Å²) >= 11 is 0. The molecule has 1 rings (SSSR count). The van der Waals surface area contributed by atoms with E-state index in [2.05, 4.69) is 34.6 Å². The maximum Gasteiger partial charge on any atom is 4.00 e. The molecule has 0 bridgehead atoms. The van der Waals surface area contributed by atoms with Gasteiger partial charge in [-0.2, -0.15) is 27.8 Å². The summed E-state index contributed by atoms with van der Waals surface area (Å²) in [7, 11) is 0. The molecule has 0 aliphatic carbocycles. The summed E-state index contributed by atoms with van der Waals surface area (Å²) in [5.74, 6) is 0. The maximum atomic E-state index is 9.53. The van der Waals surface area contributed by atoms with Gasteiger partial charge in [0, 0.05) is 0 Å². The van der Waals surface area contributed by atoms with E-state index in [1.54, 1.807) is 41.5 Å². The molecule has 0 unspecified atom stereocenters. The molecule has 4 heteroatoms. The van der Waals surface area contributed by atoms with Crippen LogP contribution in [0.25, 0.3) is 0 Å². The van der Waals surface area contributed by atoms with Crippen LogP contribution in [0.4, 0.5) is 0 Å². The molecule has 0 aliphatic heterocycles. The van der Waals surface area contributed by atoms with E-state index in [4.69, 9.17) is 0 Å². The van der Waals surface area contributed by atoms with Crippen molar-refractivity contribution < 1.29 is 41.5 Å². The summed E-state index contributed by atoms with van der Waals surface area (Å²) in [5, 5.41) is 28.6. The molecule has 3 nitrogen and oxygen atoms in total. The van der Waals surface area contributed by atoms with Gasteiger partial charge < -0.3 is 15.3 Å². The first-order chi connectivity index (χ1) is 9.75. The van der Waals surface area contributed by atoms with Crippen molar-refractivity contribution >= 4 is 0 Å². The minimum Gasteiger partial charge on any atom is -0.852 e. The van der Waals surface area contributed by atoms with Gasteiger partial charge in [0.15, 0.2) is 0 Å². The molecule has 0 saturated carbocycles. The van der Waals surface area contributed by atoms with Gasteiger partial charge in [0.1, 0.15) is 0 Å². The molecule has 0 amide bonds. The fourth-order valence-corrected chi connectivity index (χ4v) is 1.41. The minimum atomic E-state index is -0.417. The van der Waals surface area contributed by atoms with E-state index in [0.29, 0.717) is 0 Å². The van der Waals surface area contributed by atoms with E-state index in [9.17, 15) is 15.3 Å². The van der Waals surface area contributed by atoms with Gasteiger partial charge >= 0.3 is 26.2 Å². The Labute approximate surface area is 163 Å². The van der Waals surface area contributed by atoms with E-state index in [1.165, 1.54) is 27.8 Å². The summed E-state index contributed by atoms with van der Waals surface area (Å²) in [6.45, 7) is 20.7. The smallest absolute Gasteiger partial charge is 0.852 e. The first-order valence-corrected chi connectivity index (χ1v) is 7.92. The third-order valence-electron chi connectivity index (χ3n) is 2.81. The van der Waals surface area contributed by atoms with Crippen molar-refractivity contribution in [1.29, 1.82) is 0 Å².